The predicted octanol–water partition coefficient (Wildman–Crippen LogP) is 1.48. The van der Waals surface area contributed by atoms with Crippen molar-refractivity contribution < 1.29 is 14.3 Å². The van der Waals surface area contributed by atoms with E-state index in [0.29, 0.717) is 13.2 Å². The van der Waals surface area contributed by atoms with Crippen molar-refractivity contribution in [1.82, 2.24) is 15.1 Å². The van der Waals surface area contributed by atoms with Gasteiger partial charge in [0.25, 0.3) is 0 Å². The second-order valence-electron chi connectivity index (χ2n) is 6.85. The van der Waals surface area contributed by atoms with Gasteiger partial charge in [0.1, 0.15) is 0 Å². The highest BCUT2D eigenvalue weighted by Gasteiger charge is 2.28. The Bertz CT molecular complexity index is 695. The maximum atomic E-state index is 12.6. The summed E-state index contributed by atoms with van der Waals surface area (Å²) >= 11 is 1.77. The summed E-state index contributed by atoms with van der Waals surface area (Å²) in [7, 11) is 1.72. The number of nitrogens with zero attached hydrogens (tertiary/aromatic N) is 3. The summed E-state index contributed by atoms with van der Waals surface area (Å²) in [6.07, 6.45) is 2.44. The molecule has 3 rings (SSSR count). The Morgan fingerprint density at radius 1 is 1.30 bits per heavy atom. The Labute approximate surface area is 164 Å². The van der Waals surface area contributed by atoms with E-state index in [1.54, 1.807) is 18.4 Å². The molecular formula is C19H28N4O3S. The number of piperidine rings is 1. The predicted molar refractivity (Wildman–Crippen MR) is 106 cm³/mol. The Morgan fingerprint density at radius 3 is 2.78 bits per heavy atom. The zero-order chi connectivity index (χ0) is 19.2. The van der Waals surface area contributed by atoms with Gasteiger partial charge in [-0.05, 0) is 43.2 Å². The van der Waals surface area contributed by atoms with E-state index in [2.05, 4.69) is 26.7 Å². The lowest BCUT2D eigenvalue weighted by atomic mass is 9.97. The maximum absolute atomic E-state index is 12.6. The van der Waals surface area contributed by atoms with Crippen molar-refractivity contribution in [2.75, 3.05) is 39.8 Å². The molecule has 0 radical (unpaired) electrons. The highest BCUT2D eigenvalue weighted by atomic mass is 32.1. The van der Waals surface area contributed by atoms with Crippen molar-refractivity contribution in [2.45, 2.75) is 32.7 Å². The monoisotopic (exact) mass is 392 g/mol. The van der Waals surface area contributed by atoms with E-state index >= 15 is 0 Å². The van der Waals surface area contributed by atoms with Crippen LogP contribution < -0.4 is 5.32 Å². The fourth-order valence-corrected chi connectivity index (χ4v) is 4.54. The third-order valence-corrected chi connectivity index (χ3v) is 6.21. The number of hydrogen-bond donors (Lipinski definition) is 1. The second kappa shape index (κ2) is 9.21. The molecule has 0 saturated carbocycles. The van der Waals surface area contributed by atoms with Crippen LogP contribution in [-0.2, 0) is 27.3 Å². The molecule has 0 spiro atoms. The van der Waals surface area contributed by atoms with Gasteiger partial charge in [0, 0.05) is 38.1 Å². The molecule has 0 unspecified atom stereocenters. The molecule has 2 aliphatic rings. The van der Waals surface area contributed by atoms with Gasteiger partial charge < -0.3 is 19.9 Å². The van der Waals surface area contributed by atoms with E-state index in [1.807, 2.05) is 11.8 Å². The van der Waals surface area contributed by atoms with Crippen LogP contribution in [0.1, 0.15) is 30.2 Å². The number of rotatable bonds is 4. The summed E-state index contributed by atoms with van der Waals surface area (Å²) in [6, 6.07) is 2.11. The lowest BCUT2D eigenvalue weighted by Gasteiger charge is -2.33. The van der Waals surface area contributed by atoms with Crippen molar-refractivity contribution in [2.24, 2.45) is 10.9 Å². The number of hydrogen-bond acceptors (Lipinski definition) is 5. The fourth-order valence-electron chi connectivity index (χ4n) is 3.65. The van der Waals surface area contributed by atoms with Crippen molar-refractivity contribution in [1.29, 1.82) is 0 Å². The molecule has 1 aromatic heterocycles. The van der Waals surface area contributed by atoms with Gasteiger partial charge in [-0.25, -0.2) is 0 Å². The smallest absolute Gasteiger partial charge is 0.309 e. The van der Waals surface area contributed by atoms with Crippen LogP contribution in [0.25, 0.3) is 0 Å². The molecule has 2 aliphatic heterocycles. The van der Waals surface area contributed by atoms with Crippen LogP contribution >= 0.6 is 11.3 Å². The first kappa shape index (κ1) is 19.7. The zero-order valence-corrected chi connectivity index (χ0v) is 16.9. The highest BCUT2D eigenvalue weighted by Crippen LogP contribution is 2.24. The van der Waals surface area contributed by atoms with E-state index in [-0.39, 0.29) is 24.3 Å². The van der Waals surface area contributed by atoms with Gasteiger partial charge in [-0.15, -0.1) is 11.3 Å². The van der Waals surface area contributed by atoms with Gasteiger partial charge in [0.15, 0.2) is 5.96 Å². The maximum Gasteiger partial charge on any atom is 0.309 e. The first-order valence-electron chi connectivity index (χ1n) is 9.57. The van der Waals surface area contributed by atoms with E-state index < -0.39 is 0 Å². The summed E-state index contributed by atoms with van der Waals surface area (Å²) in [5, 5.41) is 5.29. The van der Waals surface area contributed by atoms with Crippen LogP contribution in [0.5, 0.6) is 0 Å². The number of amides is 1. The molecule has 1 amide bonds. The number of nitrogens with one attached hydrogen (secondary N) is 1. The molecule has 1 N–H and O–H groups in total. The zero-order valence-electron chi connectivity index (χ0n) is 16.1. The van der Waals surface area contributed by atoms with E-state index in [1.165, 1.54) is 10.4 Å². The van der Waals surface area contributed by atoms with Gasteiger partial charge in [0.2, 0.25) is 5.91 Å². The van der Waals surface area contributed by atoms with Gasteiger partial charge in [-0.2, -0.15) is 0 Å². The molecule has 0 bridgehead atoms. The molecule has 3 heterocycles. The van der Waals surface area contributed by atoms with Gasteiger partial charge in [-0.1, -0.05) is 0 Å². The summed E-state index contributed by atoms with van der Waals surface area (Å²) < 4.78 is 5.12. The number of guanidine groups is 1. The first-order valence-corrected chi connectivity index (χ1v) is 10.5. The second-order valence-corrected chi connectivity index (χ2v) is 7.85. The van der Waals surface area contributed by atoms with Crippen LogP contribution in [0.15, 0.2) is 16.4 Å². The Balaban J connectivity index is 1.46. The Kier molecular flexibility index (Phi) is 6.71. The van der Waals surface area contributed by atoms with Crippen molar-refractivity contribution >= 4 is 29.2 Å². The van der Waals surface area contributed by atoms with Gasteiger partial charge in [0.05, 0.1) is 19.1 Å². The van der Waals surface area contributed by atoms with Crippen LogP contribution in [0.4, 0.5) is 0 Å². The molecular weight excluding hydrogens is 364 g/mol. The average molecular weight is 393 g/mol. The Hall–Kier alpha value is -2.09. The number of ether oxygens (including phenoxy) is 1. The molecule has 1 aromatic rings. The SMILES string of the molecule is CCOC(=O)C1CCN(C(=NC)NCC(=O)N2CCc3sccc3C2)CC1. The lowest BCUT2D eigenvalue weighted by Crippen LogP contribution is -2.50. The minimum atomic E-state index is -0.104. The Morgan fingerprint density at radius 2 is 2.07 bits per heavy atom. The minimum Gasteiger partial charge on any atom is -0.466 e. The molecule has 8 heteroatoms. The van der Waals surface area contributed by atoms with Crippen molar-refractivity contribution in [3.63, 3.8) is 0 Å². The summed E-state index contributed by atoms with van der Waals surface area (Å²) in [6.45, 7) is 5.44. The van der Waals surface area contributed by atoms with Gasteiger partial charge in [-0.3, -0.25) is 14.6 Å². The molecule has 0 aromatic carbocycles. The molecule has 7 nitrogen and oxygen atoms in total. The number of thiophene rings is 1. The largest absolute Gasteiger partial charge is 0.466 e. The van der Waals surface area contributed by atoms with Gasteiger partial charge >= 0.3 is 5.97 Å². The number of fused-ring (bicyclic) bond motifs is 1. The molecule has 1 saturated heterocycles. The van der Waals surface area contributed by atoms with Crippen LogP contribution in [0.2, 0.25) is 0 Å². The normalized spacial score (nSPS) is 18.2. The molecule has 27 heavy (non-hydrogen) atoms. The summed E-state index contributed by atoms with van der Waals surface area (Å²) in [5.74, 6) is 0.676. The first-order chi connectivity index (χ1) is 13.1. The molecule has 0 atom stereocenters. The number of likely N-dealkylation sites (tertiary alicyclic amines) is 1. The number of carbonyl (C=O) groups excluding carboxylic acids is 2. The van der Waals surface area contributed by atoms with Crippen LogP contribution in [0, 0.1) is 5.92 Å². The topological polar surface area (TPSA) is 74.2 Å². The summed E-state index contributed by atoms with van der Waals surface area (Å²) in [4.78, 5) is 34.2. The van der Waals surface area contributed by atoms with E-state index in [9.17, 15) is 9.59 Å². The molecule has 148 valence electrons. The number of esters is 1. The summed E-state index contributed by atoms with van der Waals surface area (Å²) in [5.41, 5.74) is 1.27. The number of aliphatic imine (C=N–C) groups is 1. The minimum absolute atomic E-state index is 0.0332. The fraction of sp³-hybridized carbons (Fsp3) is 0.632. The van der Waals surface area contributed by atoms with Crippen molar-refractivity contribution in [3.8, 4) is 0 Å². The average Bonchev–Trinajstić information content (AvgIpc) is 3.16. The van der Waals surface area contributed by atoms with Crippen molar-refractivity contribution in [3.05, 3.63) is 21.9 Å². The molecule has 1 fully saturated rings. The van der Waals surface area contributed by atoms with Crippen LogP contribution in [0.3, 0.4) is 0 Å². The highest BCUT2D eigenvalue weighted by molar-refractivity contribution is 7.10. The van der Waals surface area contributed by atoms with E-state index in [4.69, 9.17) is 4.74 Å². The third kappa shape index (κ3) is 4.80. The quantitative estimate of drug-likeness (QED) is 0.477. The van der Waals surface area contributed by atoms with Crippen LogP contribution in [-0.4, -0.2) is 67.5 Å². The lowest BCUT2D eigenvalue weighted by molar-refractivity contribution is -0.149. The van der Waals surface area contributed by atoms with E-state index in [0.717, 1.165) is 44.9 Å². The number of carbonyl (C=O) groups is 2. The standard InChI is InChI=1S/C19H28N4O3S/c1-3-26-18(25)14-4-8-22(9-5-14)19(20-2)21-12-17(24)23-10-6-16-15(13-23)7-11-27-16/h7,11,14H,3-6,8-10,12-13H2,1-2H3,(H,20,21). The molecule has 0 aliphatic carbocycles. The third-order valence-electron chi connectivity index (χ3n) is 5.18.